The van der Waals surface area contributed by atoms with Gasteiger partial charge in [-0.3, -0.25) is 0 Å². The number of rotatable bonds is 0. The fourth-order valence-corrected chi connectivity index (χ4v) is 0. The van der Waals surface area contributed by atoms with Crippen molar-refractivity contribution in [2.24, 2.45) is 32.2 Å². The van der Waals surface area contributed by atoms with E-state index >= 15 is 0 Å². The van der Waals surface area contributed by atoms with Crippen LogP contribution in [0.2, 0.25) is 0 Å². The Morgan fingerprint density at radius 2 is 0.474 bits per heavy atom. The Hall–Kier alpha value is -0.0900. The molecule has 2 N–H and O–H groups in total. The second kappa shape index (κ2) is 24.7. The van der Waals surface area contributed by atoms with E-state index in [2.05, 4.69) is 138 Å². The van der Waals surface area contributed by atoms with Gasteiger partial charge in [0.25, 0.3) is 0 Å². The third-order valence-electron chi connectivity index (χ3n) is 2.97. The van der Waals surface area contributed by atoms with Crippen LogP contribution in [-0.4, -0.2) is 13.2 Å². The number of hydrogen-bond acceptors (Lipinski definition) is 2. The van der Waals surface area contributed by atoms with Gasteiger partial charge in [-0.25, -0.2) is 13.6 Å². The maximum absolute atomic E-state index is 10.4. The number of nitrogens with two attached hydrogens (primary N) is 1. The van der Waals surface area contributed by atoms with Gasteiger partial charge in [0.15, 0.2) is 0 Å². The number of hydrogen-bond donors (Lipinski definition) is 1. The molecule has 0 bridgehead atoms. The molecule has 0 heterocycles. The molecule has 246 valence electrons. The average Bonchev–Trinajstić information content (AvgIpc) is 2.39. The van der Waals surface area contributed by atoms with E-state index in [4.69, 9.17) is 5.14 Å². The SMILES string of the molecule is C.C.C.CC(C)(C)C.CC(C)(C)C.CC(C)(C)C.CC(C)(C)S(N)(=O)=O.CCC(C)(C)C.CCC(C)(C)C. The third kappa shape index (κ3) is 197. The molecule has 3 nitrogen and oxygen atoms in total. The fraction of sp³-hybridized carbons (Fsp3) is 1.00. The molecular formula is C34H87NO2S. The highest BCUT2D eigenvalue weighted by Gasteiger charge is 2.23. The molecule has 0 aromatic heterocycles. The summed E-state index contributed by atoms with van der Waals surface area (Å²) in [6.45, 7) is 48.8. The van der Waals surface area contributed by atoms with Crippen molar-refractivity contribution >= 4 is 10.0 Å². The molecule has 0 unspecified atom stereocenters. The average molecular weight is 574 g/mol. The van der Waals surface area contributed by atoms with Gasteiger partial charge in [-0.1, -0.05) is 174 Å². The Balaban J connectivity index is -0.0000000377. The van der Waals surface area contributed by atoms with Gasteiger partial charge in [0.2, 0.25) is 10.0 Å². The van der Waals surface area contributed by atoms with Gasteiger partial charge >= 0.3 is 0 Å². The summed E-state index contributed by atoms with van der Waals surface area (Å²) in [5.74, 6) is 0. The van der Waals surface area contributed by atoms with Crippen LogP contribution in [-0.2, 0) is 10.0 Å². The maximum atomic E-state index is 10.4. The van der Waals surface area contributed by atoms with Gasteiger partial charge in [-0.05, 0) is 47.8 Å². The van der Waals surface area contributed by atoms with Crippen LogP contribution < -0.4 is 5.14 Å². The lowest BCUT2D eigenvalue weighted by Gasteiger charge is -2.13. The molecule has 0 aromatic rings. The van der Waals surface area contributed by atoms with Gasteiger partial charge in [0, 0.05) is 0 Å². The number of primary sulfonamides is 1. The molecule has 0 fully saturated rings. The van der Waals surface area contributed by atoms with Crippen molar-refractivity contribution in [3.63, 3.8) is 0 Å². The summed E-state index contributed by atoms with van der Waals surface area (Å²) >= 11 is 0. The van der Waals surface area contributed by atoms with Crippen LogP contribution in [0.25, 0.3) is 0 Å². The summed E-state index contributed by atoms with van der Waals surface area (Å²) in [5, 5.41) is 4.78. The first-order valence-electron chi connectivity index (χ1n) is 13.4. The van der Waals surface area contributed by atoms with Crippen molar-refractivity contribution < 1.29 is 8.42 Å². The molecule has 0 radical (unpaired) electrons. The van der Waals surface area contributed by atoms with Gasteiger partial charge in [-0.2, -0.15) is 0 Å². The first-order chi connectivity index (χ1) is 14.4. The predicted molar refractivity (Wildman–Crippen MR) is 188 cm³/mol. The Morgan fingerprint density at radius 3 is 0.474 bits per heavy atom. The standard InChI is InChI=1S/2C6H14.3C5H12.C4H11NO2S.3CH4/c2*1-5-6(2,3)4;3*1-5(2,3)4;1-4(2,3)8(5,6)7;;;/h2*5H2,1-4H3;3*1-4H3;1-3H3,(H2,5,6,7);3*1H4. The minimum Gasteiger partial charge on any atom is -0.228 e. The van der Waals surface area contributed by atoms with Gasteiger partial charge < -0.3 is 0 Å². The van der Waals surface area contributed by atoms with Crippen molar-refractivity contribution in [1.82, 2.24) is 0 Å². The highest BCUT2D eigenvalue weighted by molar-refractivity contribution is 7.90. The number of sulfonamides is 1. The van der Waals surface area contributed by atoms with Crippen LogP contribution in [0.15, 0.2) is 0 Å². The summed E-state index contributed by atoms with van der Waals surface area (Å²) in [6.07, 6.45) is 2.54. The van der Waals surface area contributed by atoms with Gasteiger partial charge in [-0.15, -0.1) is 0 Å². The van der Waals surface area contributed by atoms with Crippen LogP contribution in [0.4, 0.5) is 0 Å². The molecule has 0 aliphatic rings. The highest BCUT2D eigenvalue weighted by atomic mass is 32.2. The second-order valence-corrected chi connectivity index (χ2v) is 19.8. The summed E-state index contributed by atoms with van der Waals surface area (Å²) in [7, 11) is -3.34. The van der Waals surface area contributed by atoms with Crippen molar-refractivity contribution in [3.05, 3.63) is 0 Å². The fourth-order valence-electron chi connectivity index (χ4n) is 0. The first-order valence-corrected chi connectivity index (χ1v) is 14.9. The molecule has 38 heavy (non-hydrogen) atoms. The molecule has 0 aliphatic heterocycles. The molecule has 0 aliphatic carbocycles. The van der Waals surface area contributed by atoms with E-state index in [0.29, 0.717) is 27.1 Å². The molecule has 0 rings (SSSR count). The Labute approximate surface area is 249 Å². The monoisotopic (exact) mass is 574 g/mol. The van der Waals surface area contributed by atoms with E-state index in [0.717, 1.165) is 0 Å². The van der Waals surface area contributed by atoms with Gasteiger partial charge in [0.05, 0.1) is 4.75 Å². The van der Waals surface area contributed by atoms with Crippen LogP contribution in [0, 0.1) is 27.1 Å². The summed E-state index contributed by atoms with van der Waals surface area (Å²) in [4.78, 5) is 0. The minimum atomic E-state index is -3.34. The lowest BCUT2D eigenvalue weighted by Crippen LogP contribution is -2.34. The Bertz CT molecular complexity index is 488. The van der Waals surface area contributed by atoms with E-state index < -0.39 is 14.8 Å². The van der Waals surface area contributed by atoms with E-state index in [-0.39, 0.29) is 22.3 Å². The molecule has 0 saturated carbocycles. The van der Waals surface area contributed by atoms with Crippen molar-refractivity contribution in [2.75, 3.05) is 0 Å². The summed E-state index contributed by atoms with van der Waals surface area (Å²) in [5.41, 5.74) is 2.58. The quantitative estimate of drug-likeness (QED) is 0.313. The molecule has 4 heteroatoms. The van der Waals surface area contributed by atoms with Crippen LogP contribution in [0.1, 0.15) is 194 Å². The normalized spacial score (nSPS) is 11.5. The largest absolute Gasteiger partial charge is 0.228 e. The van der Waals surface area contributed by atoms with Crippen molar-refractivity contribution in [1.29, 1.82) is 0 Å². The topological polar surface area (TPSA) is 60.2 Å². The lowest BCUT2D eigenvalue weighted by molar-refractivity contribution is 0.397. The minimum absolute atomic E-state index is 0. The maximum Gasteiger partial charge on any atom is 0.214 e. The summed E-state index contributed by atoms with van der Waals surface area (Å²) < 4.78 is 20.0. The van der Waals surface area contributed by atoms with Crippen molar-refractivity contribution in [3.8, 4) is 0 Å². The van der Waals surface area contributed by atoms with Crippen LogP contribution >= 0.6 is 0 Å². The third-order valence-corrected chi connectivity index (χ3v) is 4.68. The molecule has 0 aromatic carbocycles. The van der Waals surface area contributed by atoms with E-state index in [1.807, 2.05) is 0 Å². The lowest BCUT2D eigenvalue weighted by atomic mass is 9.94. The molecule has 0 saturated heterocycles. The zero-order valence-corrected chi connectivity index (χ0v) is 30.0. The van der Waals surface area contributed by atoms with E-state index in [1.165, 1.54) is 12.8 Å². The van der Waals surface area contributed by atoms with Crippen molar-refractivity contribution in [2.45, 2.75) is 199 Å². The zero-order valence-electron chi connectivity index (χ0n) is 29.2. The highest BCUT2D eigenvalue weighted by Crippen LogP contribution is 2.16. The predicted octanol–water partition coefficient (Wildman–Crippen LogP) is 13.0. The zero-order chi connectivity index (χ0) is 30.9. The summed E-state index contributed by atoms with van der Waals surface area (Å²) in [6, 6.07) is 0. The van der Waals surface area contributed by atoms with Crippen LogP contribution in [0.5, 0.6) is 0 Å². The second-order valence-electron chi connectivity index (χ2n) is 17.5. The van der Waals surface area contributed by atoms with E-state index in [1.54, 1.807) is 20.8 Å². The molecular weight excluding hydrogens is 486 g/mol. The smallest absolute Gasteiger partial charge is 0.214 e. The molecule has 0 amide bonds. The Kier molecular flexibility index (Phi) is 40.1. The van der Waals surface area contributed by atoms with Gasteiger partial charge in [0.1, 0.15) is 0 Å². The molecule has 0 spiro atoms. The van der Waals surface area contributed by atoms with E-state index in [9.17, 15) is 8.42 Å². The first kappa shape index (κ1) is 61.8. The van der Waals surface area contributed by atoms with Crippen LogP contribution in [0.3, 0.4) is 0 Å². The Morgan fingerprint density at radius 1 is 0.421 bits per heavy atom. The molecule has 0 atom stereocenters.